The summed E-state index contributed by atoms with van der Waals surface area (Å²) in [5.41, 5.74) is 2.91. The van der Waals surface area contributed by atoms with Gasteiger partial charge in [0.1, 0.15) is 11.0 Å². The van der Waals surface area contributed by atoms with E-state index in [0.717, 1.165) is 22.6 Å². The maximum atomic E-state index is 12.5. The van der Waals surface area contributed by atoms with Crippen LogP contribution in [-0.2, 0) is 16.1 Å². The number of amides is 2. The molecule has 1 saturated heterocycles. The van der Waals surface area contributed by atoms with Gasteiger partial charge in [0.15, 0.2) is 5.17 Å². The van der Waals surface area contributed by atoms with Gasteiger partial charge in [0, 0.05) is 20.0 Å². The van der Waals surface area contributed by atoms with Gasteiger partial charge in [0.25, 0.3) is 0 Å². The number of nitrogens with zero attached hydrogens (tertiary/aromatic N) is 2. The number of amidine groups is 1. The number of aryl methyl sites for hydroxylation is 1. The number of benzene rings is 2. The van der Waals surface area contributed by atoms with Crippen LogP contribution < -0.4 is 10.1 Å². The van der Waals surface area contributed by atoms with E-state index in [9.17, 15) is 9.59 Å². The summed E-state index contributed by atoms with van der Waals surface area (Å²) in [5.74, 6) is 0.508. The van der Waals surface area contributed by atoms with Crippen LogP contribution in [0.2, 0.25) is 0 Å². The molecule has 0 spiro atoms. The van der Waals surface area contributed by atoms with Crippen LogP contribution in [0.15, 0.2) is 53.5 Å². The summed E-state index contributed by atoms with van der Waals surface area (Å²) in [4.78, 5) is 30.8. The van der Waals surface area contributed by atoms with Crippen molar-refractivity contribution in [2.75, 3.05) is 14.2 Å². The Bertz CT molecular complexity index is 879. The quantitative estimate of drug-likeness (QED) is 0.812. The van der Waals surface area contributed by atoms with Crippen LogP contribution in [0.5, 0.6) is 5.75 Å². The Morgan fingerprint density at radius 2 is 1.86 bits per heavy atom. The van der Waals surface area contributed by atoms with Crippen LogP contribution in [0.1, 0.15) is 17.5 Å². The van der Waals surface area contributed by atoms with Gasteiger partial charge in [0.05, 0.1) is 12.8 Å². The third-order valence-corrected chi connectivity index (χ3v) is 5.65. The summed E-state index contributed by atoms with van der Waals surface area (Å²) in [6.07, 6.45) is 0.122. The first-order valence-electron chi connectivity index (χ1n) is 8.95. The van der Waals surface area contributed by atoms with Crippen molar-refractivity contribution >= 4 is 34.4 Å². The van der Waals surface area contributed by atoms with Crippen LogP contribution in [0.4, 0.5) is 5.69 Å². The lowest BCUT2D eigenvalue weighted by molar-refractivity contribution is -0.128. The Hall–Kier alpha value is -2.80. The maximum absolute atomic E-state index is 12.5. The number of methoxy groups -OCH3 is 1. The van der Waals surface area contributed by atoms with Crippen molar-refractivity contribution in [3.63, 3.8) is 0 Å². The number of nitrogens with one attached hydrogen (secondary N) is 1. The normalized spacial score (nSPS) is 17.8. The lowest BCUT2D eigenvalue weighted by Crippen LogP contribution is -2.32. The number of hydrogen-bond acceptors (Lipinski definition) is 5. The average molecular weight is 398 g/mol. The van der Waals surface area contributed by atoms with Crippen molar-refractivity contribution in [3.05, 3.63) is 59.7 Å². The molecule has 1 aliphatic rings. The van der Waals surface area contributed by atoms with E-state index in [4.69, 9.17) is 4.74 Å². The van der Waals surface area contributed by atoms with Crippen molar-refractivity contribution < 1.29 is 14.3 Å². The van der Waals surface area contributed by atoms with Crippen molar-refractivity contribution in [2.45, 2.75) is 25.1 Å². The largest absolute Gasteiger partial charge is 0.497 e. The predicted octanol–water partition coefficient (Wildman–Crippen LogP) is 3.27. The zero-order chi connectivity index (χ0) is 20.1. The molecule has 1 fully saturated rings. The van der Waals surface area contributed by atoms with Crippen molar-refractivity contribution in [2.24, 2.45) is 4.99 Å². The van der Waals surface area contributed by atoms with Gasteiger partial charge in [-0.15, -0.1) is 0 Å². The van der Waals surface area contributed by atoms with Gasteiger partial charge < -0.3 is 10.1 Å². The Morgan fingerprint density at radius 3 is 2.50 bits per heavy atom. The molecule has 0 unspecified atom stereocenters. The van der Waals surface area contributed by atoms with E-state index in [2.05, 4.69) is 10.3 Å². The minimum atomic E-state index is -0.454. The summed E-state index contributed by atoms with van der Waals surface area (Å²) in [7, 11) is 3.30. The van der Waals surface area contributed by atoms with Gasteiger partial charge in [-0.3, -0.25) is 14.5 Å². The lowest BCUT2D eigenvalue weighted by Gasteiger charge is -2.09. The predicted molar refractivity (Wildman–Crippen MR) is 112 cm³/mol. The number of ether oxygens (including phenoxy) is 1. The number of thioether (sulfide) groups is 1. The molecule has 28 heavy (non-hydrogen) atoms. The average Bonchev–Trinajstić information content (AvgIpc) is 2.96. The highest BCUT2D eigenvalue weighted by molar-refractivity contribution is 8.15. The topological polar surface area (TPSA) is 71.0 Å². The molecule has 0 radical (unpaired) electrons. The van der Waals surface area contributed by atoms with Gasteiger partial charge in [-0.25, -0.2) is 4.99 Å². The molecule has 0 aliphatic carbocycles. The minimum Gasteiger partial charge on any atom is -0.497 e. The number of carbonyl (C=O) groups excluding carboxylic acids is 2. The first-order valence-corrected chi connectivity index (χ1v) is 9.83. The lowest BCUT2D eigenvalue weighted by atomic mass is 10.2. The molecule has 3 rings (SSSR count). The van der Waals surface area contributed by atoms with Crippen molar-refractivity contribution in [1.29, 1.82) is 0 Å². The molecule has 1 heterocycles. The second-order valence-corrected chi connectivity index (χ2v) is 7.73. The van der Waals surface area contributed by atoms with Gasteiger partial charge in [-0.2, -0.15) is 0 Å². The van der Waals surface area contributed by atoms with Crippen LogP contribution in [0, 0.1) is 6.92 Å². The van der Waals surface area contributed by atoms with Crippen LogP contribution in [0.3, 0.4) is 0 Å². The second-order valence-electron chi connectivity index (χ2n) is 6.56. The van der Waals surface area contributed by atoms with Crippen LogP contribution in [0.25, 0.3) is 0 Å². The van der Waals surface area contributed by atoms with E-state index >= 15 is 0 Å². The van der Waals surface area contributed by atoms with Gasteiger partial charge >= 0.3 is 0 Å². The summed E-state index contributed by atoms with van der Waals surface area (Å²) in [5, 5.41) is 3.02. The summed E-state index contributed by atoms with van der Waals surface area (Å²) in [6.45, 7) is 2.42. The standard InChI is InChI=1S/C21H23N3O3S/c1-14-4-8-16(9-5-14)23-21-24(2)20(26)18(28-21)12-19(25)22-13-15-6-10-17(27-3)11-7-15/h4-11,18H,12-13H2,1-3H3,(H,22,25)/t18-/m0/s1. The number of hydrogen-bond donors (Lipinski definition) is 1. The SMILES string of the molecule is COc1ccc(CNC(=O)C[C@@H]2SC(=Nc3ccc(C)cc3)N(C)C2=O)cc1. The minimum absolute atomic E-state index is 0.101. The van der Waals surface area contributed by atoms with Crippen LogP contribution >= 0.6 is 11.8 Å². The zero-order valence-electron chi connectivity index (χ0n) is 16.1. The van der Waals surface area contributed by atoms with Gasteiger partial charge in [-0.1, -0.05) is 41.6 Å². The van der Waals surface area contributed by atoms with Crippen molar-refractivity contribution in [1.82, 2.24) is 10.2 Å². The molecule has 1 aliphatic heterocycles. The Morgan fingerprint density at radius 1 is 1.18 bits per heavy atom. The first-order chi connectivity index (χ1) is 13.5. The molecule has 0 saturated carbocycles. The Kier molecular flexibility index (Phi) is 6.36. The zero-order valence-corrected chi connectivity index (χ0v) is 17.0. The van der Waals surface area contributed by atoms with Crippen LogP contribution in [-0.4, -0.2) is 41.3 Å². The highest BCUT2D eigenvalue weighted by Gasteiger charge is 2.36. The van der Waals surface area contributed by atoms with E-state index in [1.807, 2.05) is 55.5 Å². The summed E-state index contributed by atoms with van der Waals surface area (Å²) in [6, 6.07) is 15.3. The molecule has 7 heteroatoms. The molecule has 2 aromatic carbocycles. The molecular weight excluding hydrogens is 374 g/mol. The molecule has 146 valence electrons. The van der Waals surface area contributed by atoms with E-state index in [1.54, 1.807) is 14.2 Å². The molecule has 2 aromatic rings. The van der Waals surface area contributed by atoms with Crippen molar-refractivity contribution in [3.8, 4) is 5.75 Å². The number of aliphatic imine (C=N–C) groups is 1. The second kappa shape index (κ2) is 8.93. The number of rotatable bonds is 6. The molecule has 2 amide bonds. The molecule has 0 bridgehead atoms. The first kappa shape index (κ1) is 19.9. The summed E-state index contributed by atoms with van der Waals surface area (Å²) >= 11 is 1.33. The van der Waals surface area contributed by atoms with Gasteiger partial charge in [0.2, 0.25) is 11.8 Å². The van der Waals surface area contributed by atoms with E-state index in [0.29, 0.717) is 11.7 Å². The fraction of sp³-hybridized carbons (Fsp3) is 0.286. The monoisotopic (exact) mass is 397 g/mol. The third kappa shape index (κ3) is 4.92. The molecule has 1 atom stereocenters. The molecular formula is C21H23N3O3S. The fourth-order valence-corrected chi connectivity index (χ4v) is 3.87. The fourth-order valence-electron chi connectivity index (χ4n) is 2.71. The smallest absolute Gasteiger partial charge is 0.242 e. The Labute approximate surface area is 169 Å². The highest BCUT2D eigenvalue weighted by atomic mass is 32.2. The maximum Gasteiger partial charge on any atom is 0.242 e. The van der Waals surface area contributed by atoms with E-state index < -0.39 is 5.25 Å². The molecule has 6 nitrogen and oxygen atoms in total. The van der Waals surface area contributed by atoms with Gasteiger partial charge in [-0.05, 0) is 36.8 Å². The summed E-state index contributed by atoms with van der Waals surface area (Å²) < 4.78 is 5.12. The molecule has 1 N–H and O–H groups in total. The molecule has 0 aromatic heterocycles. The highest BCUT2D eigenvalue weighted by Crippen LogP contribution is 2.30. The number of carbonyl (C=O) groups is 2. The van der Waals surface area contributed by atoms with E-state index in [1.165, 1.54) is 16.7 Å². The van der Waals surface area contributed by atoms with E-state index in [-0.39, 0.29) is 18.2 Å². The third-order valence-electron chi connectivity index (χ3n) is 4.42. The Balaban J connectivity index is 1.56.